The molecule has 132 valence electrons. The van der Waals surface area contributed by atoms with Crippen LogP contribution < -0.4 is 0 Å². The first-order chi connectivity index (χ1) is 11.2. The Morgan fingerprint density at radius 2 is 1.42 bits per heavy atom. The highest BCUT2D eigenvalue weighted by molar-refractivity contribution is 5.95. The topological polar surface area (TPSA) is 87.1 Å². The van der Waals surface area contributed by atoms with E-state index in [-0.39, 0.29) is 0 Å². The number of allylic oxidation sites excluding steroid dienone is 4. The molecule has 5 heteroatoms. The third-order valence-electron chi connectivity index (χ3n) is 4.48. The van der Waals surface area contributed by atoms with Gasteiger partial charge in [0, 0.05) is 0 Å². The van der Waals surface area contributed by atoms with Crippen molar-refractivity contribution in [2.24, 2.45) is 10.8 Å². The molecule has 0 amide bonds. The maximum Gasteiger partial charge on any atom is 0.319 e. The first-order valence-electron chi connectivity index (χ1n) is 7.92. The maximum absolute atomic E-state index is 12.5. The number of hydrogen-bond acceptors (Lipinski definition) is 3. The molecule has 2 atom stereocenters. The summed E-state index contributed by atoms with van der Waals surface area (Å²) in [4.78, 5) is 24.8. The van der Waals surface area contributed by atoms with Crippen LogP contribution in [-0.4, -0.2) is 34.4 Å². The van der Waals surface area contributed by atoms with Crippen molar-refractivity contribution in [2.45, 2.75) is 40.2 Å². The third-order valence-corrected chi connectivity index (χ3v) is 4.48. The molecule has 0 aromatic carbocycles. The lowest BCUT2D eigenvalue weighted by molar-refractivity contribution is -0.159. The Kier molecular flexibility index (Phi) is 5.95. The van der Waals surface area contributed by atoms with Crippen molar-refractivity contribution in [3.63, 3.8) is 0 Å². The number of aliphatic carboxylic acids is 2. The molecule has 1 rings (SSSR count). The fourth-order valence-corrected chi connectivity index (χ4v) is 3.43. The molecule has 0 bridgehead atoms. The van der Waals surface area contributed by atoms with Crippen LogP contribution in [0.3, 0.4) is 0 Å². The monoisotopic (exact) mass is 334 g/mol. The largest absolute Gasteiger partial charge is 0.480 e. The summed E-state index contributed by atoms with van der Waals surface area (Å²) in [7, 11) is 0. The van der Waals surface area contributed by atoms with Gasteiger partial charge in [-0.3, -0.25) is 9.59 Å². The Labute approximate surface area is 143 Å². The van der Waals surface area contributed by atoms with E-state index in [1.165, 1.54) is 18.2 Å². The van der Waals surface area contributed by atoms with Crippen LogP contribution in [0.1, 0.15) is 34.6 Å². The Balaban J connectivity index is 3.98. The summed E-state index contributed by atoms with van der Waals surface area (Å²) in [6.45, 7) is 8.88. The van der Waals surface area contributed by atoms with Gasteiger partial charge in [0.1, 0.15) is 16.4 Å². The quantitative estimate of drug-likeness (QED) is 0.523. The smallest absolute Gasteiger partial charge is 0.319 e. The molecule has 0 saturated carbocycles. The van der Waals surface area contributed by atoms with E-state index in [4.69, 9.17) is 4.74 Å². The zero-order valence-electron chi connectivity index (χ0n) is 14.9. The molecule has 0 aromatic rings. The van der Waals surface area contributed by atoms with Crippen LogP contribution in [0.15, 0.2) is 48.1 Å². The molecule has 2 N–H and O–H groups in total. The molecule has 0 aromatic heterocycles. The first-order valence-corrected chi connectivity index (χ1v) is 7.92. The first kappa shape index (κ1) is 19.9. The van der Waals surface area contributed by atoms with E-state index in [2.05, 4.69) is 0 Å². The van der Waals surface area contributed by atoms with Crippen LogP contribution in [0.5, 0.6) is 0 Å². The predicted molar refractivity (Wildman–Crippen MR) is 92.7 cm³/mol. The van der Waals surface area contributed by atoms with Crippen LogP contribution in [0.2, 0.25) is 0 Å². The standard InChI is InChI=1S/C19H26O5/c1-6-10-18(11-7-2,15(20)21)19(12-8-3,16(22)23)14(9-4)17(5)13-24-17/h6-12H,13H2,1-5H3,(H,20,21)(H,22,23)/b10-6+,11-7+,12-8+,14-9+. The zero-order valence-corrected chi connectivity index (χ0v) is 14.9. The highest BCUT2D eigenvalue weighted by Crippen LogP contribution is 2.56. The maximum atomic E-state index is 12.5. The summed E-state index contributed by atoms with van der Waals surface area (Å²) < 4.78 is 5.48. The van der Waals surface area contributed by atoms with E-state index in [0.717, 1.165) is 0 Å². The number of hydrogen-bond donors (Lipinski definition) is 2. The van der Waals surface area contributed by atoms with Crippen LogP contribution in [0.25, 0.3) is 0 Å². The molecule has 1 saturated heterocycles. The number of rotatable bonds is 8. The van der Waals surface area contributed by atoms with Gasteiger partial charge in [-0.05, 0) is 40.2 Å². The van der Waals surface area contributed by atoms with Gasteiger partial charge >= 0.3 is 11.9 Å². The molecular formula is C19H26O5. The van der Waals surface area contributed by atoms with Gasteiger partial charge < -0.3 is 14.9 Å². The van der Waals surface area contributed by atoms with Crippen molar-refractivity contribution >= 4 is 11.9 Å². The van der Waals surface area contributed by atoms with Gasteiger partial charge in [0.25, 0.3) is 0 Å². The lowest BCUT2D eigenvalue weighted by atomic mass is 9.56. The zero-order chi connectivity index (χ0) is 18.6. The van der Waals surface area contributed by atoms with Gasteiger partial charge in [-0.25, -0.2) is 0 Å². The lowest BCUT2D eigenvalue weighted by Gasteiger charge is -2.42. The van der Waals surface area contributed by atoms with Gasteiger partial charge in [0.2, 0.25) is 0 Å². The Morgan fingerprint density at radius 3 is 1.67 bits per heavy atom. The fourth-order valence-electron chi connectivity index (χ4n) is 3.43. The summed E-state index contributed by atoms with van der Waals surface area (Å²) in [5.41, 5.74) is -3.92. The van der Waals surface area contributed by atoms with Gasteiger partial charge in [0.05, 0.1) is 6.61 Å². The minimum absolute atomic E-state index is 0.362. The average Bonchev–Trinajstić information content (AvgIpc) is 3.24. The average molecular weight is 334 g/mol. The van der Waals surface area contributed by atoms with Gasteiger partial charge in [-0.15, -0.1) is 0 Å². The molecule has 24 heavy (non-hydrogen) atoms. The minimum Gasteiger partial charge on any atom is -0.480 e. The number of carboxylic acid groups (broad SMARTS) is 2. The molecule has 1 heterocycles. The summed E-state index contributed by atoms with van der Waals surface area (Å²) in [6, 6.07) is 0. The van der Waals surface area contributed by atoms with Crippen molar-refractivity contribution in [3.05, 3.63) is 48.1 Å². The van der Waals surface area contributed by atoms with Crippen LogP contribution >= 0.6 is 0 Å². The third kappa shape index (κ3) is 2.84. The Hall–Kier alpha value is -2.14. The van der Waals surface area contributed by atoms with Crippen LogP contribution in [-0.2, 0) is 14.3 Å². The van der Waals surface area contributed by atoms with Gasteiger partial charge in [-0.2, -0.15) is 0 Å². The van der Waals surface area contributed by atoms with E-state index >= 15 is 0 Å². The van der Waals surface area contributed by atoms with E-state index < -0.39 is 28.4 Å². The highest BCUT2D eigenvalue weighted by Gasteiger charge is 2.65. The number of epoxide rings is 1. The van der Waals surface area contributed by atoms with E-state index in [1.54, 1.807) is 58.9 Å². The lowest BCUT2D eigenvalue weighted by Crippen LogP contribution is -2.53. The molecule has 0 aliphatic carbocycles. The molecule has 0 spiro atoms. The van der Waals surface area contributed by atoms with Crippen molar-refractivity contribution in [1.82, 2.24) is 0 Å². The second-order valence-electron chi connectivity index (χ2n) is 6.01. The minimum atomic E-state index is -1.80. The predicted octanol–water partition coefficient (Wildman–Crippen LogP) is 3.59. The van der Waals surface area contributed by atoms with Crippen molar-refractivity contribution in [1.29, 1.82) is 0 Å². The molecule has 1 fully saturated rings. The molecule has 0 radical (unpaired) electrons. The second-order valence-corrected chi connectivity index (χ2v) is 6.01. The van der Waals surface area contributed by atoms with E-state index in [9.17, 15) is 19.8 Å². The SMILES string of the molecule is C/C=C(\C1(C)CO1)C(/C=C/C)(C(=O)O)C(/C=C/C)(/C=C/C)C(=O)O. The summed E-state index contributed by atoms with van der Waals surface area (Å²) in [5, 5.41) is 20.3. The van der Waals surface area contributed by atoms with Gasteiger partial charge in [0.15, 0.2) is 0 Å². The number of ether oxygens (including phenoxy) is 1. The summed E-state index contributed by atoms with van der Waals surface area (Å²) in [5.74, 6) is -2.47. The van der Waals surface area contributed by atoms with Crippen molar-refractivity contribution in [3.8, 4) is 0 Å². The molecule has 2 unspecified atom stereocenters. The molecular weight excluding hydrogens is 308 g/mol. The van der Waals surface area contributed by atoms with E-state index in [1.807, 2.05) is 0 Å². The summed E-state index contributed by atoms with van der Waals surface area (Å²) >= 11 is 0. The normalized spacial score (nSPS) is 24.6. The number of carboxylic acids is 2. The van der Waals surface area contributed by atoms with Gasteiger partial charge in [-0.1, -0.05) is 42.5 Å². The van der Waals surface area contributed by atoms with Crippen molar-refractivity contribution in [2.75, 3.05) is 6.61 Å². The Morgan fingerprint density at radius 1 is 0.958 bits per heavy atom. The van der Waals surface area contributed by atoms with Crippen molar-refractivity contribution < 1.29 is 24.5 Å². The Bertz CT molecular complexity index is 608. The highest BCUT2D eigenvalue weighted by atomic mass is 16.6. The second kappa shape index (κ2) is 7.18. The summed E-state index contributed by atoms with van der Waals surface area (Å²) in [6.07, 6.45) is 10.7. The fraction of sp³-hybridized carbons (Fsp3) is 0.474. The van der Waals surface area contributed by atoms with E-state index in [0.29, 0.717) is 12.2 Å². The molecule has 5 nitrogen and oxygen atoms in total. The number of carbonyl (C=O) groups is 2. The molecule has 1 aliphatic rings. The van der Waals surface area contributed by atoms with Crippen LogP contribution in [0.4, 0.5) is 0 Å². The van der Waals surface area contributed by atoms with Crippen LogP contribution in [0, 0.1) is 10.8 Å². The molecule has 1 aliphatic heterocycles.